The summed E-state index contributed by atoms with van der Waals surface area (Å²) < 4.78 is 8.29. The first-order valence-corrected chi connectivity index (χ1v) is 4.20. The fourth-order valence-corrected chi connectivity index (χ4v) is 1.03. The van der Waals surface area contributed by atoms with E-state index in [0.717, 1.165) is 11.5 Å². The van der Waals surface area contributed by atoms with Crippen LogP contribution in [0.3, 0.4) is 0 Å². The number of rotatable bonds is 2. The molecule has 0 fully saturated rings. The molecule has 1 heterocycles. The number of hydrogen-bond donors (Lipinski definition) is 1. The van der Waals surface area contributed by atoms with E-state index in [1.165, 1.54) is 7.11 Å². The molecule has 1 aromatic rings. The number of ether oxygens (including phenoxy) is 1. The van der Waals surface area contributed by atoms with Crippen LogP contribution in [0.25, 0.3) is 0 Å². The third-order valence-electron chi connectivity index (χ3n) is 0.994. The van der Waals surface area contributed by atoms with Crippen molar-refractivity contribution in [1.29, 1.82) is 0 Å². The zero-order chi connectivity index (χ0) is 9.84. The SMILES string of the molecule is COC(=Nc1nsc(N)n1)C(=O)Cl. The minimum Gasteiger partial charge on any atom is -0.477 e. The predicted molar refractivity (Wildman–Crippen MR) is 49.3 cm³/mol. The van der Waals surface area contributed by atoms with Gasteiger partial charge >= 0.3 is 5.24 Å². The average Bonchev–Trinajstić information content (AvgIpc) is 2.46. The van der Waals surface area contributed by atoms with Crippen LogP contribution in [0.1, 0.15) is 0 Å². The van der Waals surface area contributed by atoms with Gasteiger partial charge in [0.1, 0.15) is 0 Å². The van der Waals surface area contributed by atoms with Gasteiger partial charge in [-0.2, -0.15) is 9.98 Å². The second-order valence-corrected chi connectivity index (χ2v) is 2.95. The van der Waals surface area contributed by atoms with E-state index in [0.29, 0.717) is 0 Å². The maximum Gasteiger partial charge on any atom is 0.307 e. The zero-order valence-corrected chi connectivity index (χ0v) is 8.09. The third kappa shape index (κ3) is 2.63. The van der Waals surface area contributed by atoms with Gasteiger partial charge in [-0.3, -0.25) is 4.79 Å². The standard InChI is InChI=1S/C5H5ClN4O2S/c1-12-3(2(6)11)8-5-9-4(7)13-10-5/h1H3,(H2,7,9,10). The molecule has 0 unspecified atom stereocenters. The predicted octanol–water partition coefficient (Wildman–Crippen LogP) is 0.562. The Morgan fingerprint density at radius 3 is 2.85 bits per heavy atom. The minimum absolute atomic E-state index is 0.0633. The van der Waals surface area contributed by atoms with Gasteiger partial charge in [0, 0.05) is 11.5 Å². The quantitative estimate of drug-likeness (QED) is 0.447. The summed E-state index contributed by atoms with van der Waals surface area (Å²) >= 11 is 6.09. The van der Waals surface area contributed by atoms with Crippen LogP contribution in [0.2, 0.25) is 0 Å². The van der Waals surface area contributed by atoms with Gasteiger partial charge in [0.25, 0.3) is 11.8 Å². The number of methoxy groups -OCH3 is 1. The van der Waals surface area contributed by atoms with Gasteiger partial charge in [0.2, 0.25) is 5.13 Å². The molecule has 13 heavy (non-hydrogen) atoms. The van der Waals surface area contributed by atoms with Crippen molar-refractivity contribution in [2.75, 3.05) is 12.8 Å². The highest BCUT2D eigenvalue weighted by molar-refractivity contribution is 7.09. The van der Waals surface area contributed by atoms with Gasteiger partial charge in [-0.15, -0.1) is 4.37 Å². The number of nitrogens with two attached hydrogens (primary N) is 1. The first kappa shape index (κ1) is 9.87. The Kier molecular flexibility index (Phi) is 3.15. The third-order valence-corrected chi connectivity index (χ3v) is 1.69. The molecule has 0 bridgehead atoms. The first-order chi connectivity index (χ1) is 6.13. The number of anilines is 1. The number of carbonyl (C=O) groups excluding carboxylic acids is 1. The fraction of sp³-hybridized carbons (Fsp3) is 0.200. The van der Waals surface area contributed by atoms with E-state index >= 15 is 0 Å². The maximum absolute atomic E-state index is 10.6. The van der Waals surface area contributed by atoms with E-state index in [1.54, 1.807) is 0 Å². The highest BCUT2D eigenvalue weighted by Crippen LogP contribution is 2.13. The van der Waals surface area contributed by atoms with Gasteiger partial charge in [0.15, 0.2) is 0 Å². The Labute approximate surface area is 82.6 Å². The van der Waals surface area contributed by atoms with Gasteiger partial charge in [-0.25, -0.2) is 0 Å². The van der Waals surface area contributed by atoms with E-state index in [-0.39, 0.29) is 17.0 Å². The van der Waals surface area contributed by atoms with Crippen molar-refractivity contribution in [3.8, 4) is 0 Å². The monoisotopic (exact) mass is 220 g/mol. The molecular weight excluding hydrogens is 216 g/mol. The molecule has 0 atom stereocenters. The lowest BCUT2D eigenvalue weighted by atomic mass is 10.7. The van der Waals surface area contributed by atoms with Crippen molar-refractivity contribution in [2.24, 2.45) is 4.99 Å². The molecular formula is C5H5ClN4O2S. The van der Waals surface area contributed by atoms with Crippen LogP contribution < -0.4 is 5.73 Å². The smallest absolute Gasteiger partial charge is 0.307 e. The van der Waals surface area contributed by atoms with Gasteiger partial charge < -0.3 is 10.5 Å². The largest absolute Gasteiger partial charge is 0.477 e. The molecule has 0 saturated carbocycles. The van der Waals surface area contributed by atoms with E-state index in [4.69, 9.17) is 17.3 Å². The molecule has 0 aliphatic carbocycles. The topological polar surface area (TPSA) is 90.5 Å². The summed E-state index contributed by atoms with van der Waals surface area (Å²) in [7, 11) is 1.27. The van der Waals surface area contributed by atoms with Crippen LogP contribution in [0, 0.1) is 0 Å². The summed E-state index contributed by atoms with van der Waals surface area (Å²) in [5, 5.41) is -0.549. The Bertz CT molecular complexity index is 350. The molecule has 0 spiro atoms. The number of hydrogen-bond acceptors (Lipinski definition) is 7. The molecule has 0 amide bonds. The molecule has 6 nitrogen and oxygen atoms in total. The van der Waals surface area contributed by atoms with Crippen LogP contribution in [0.4, 0.5) is 11.1 Å². The number of nitrogen functional groups attached to an aromatic ring is 1. The lowest BCUT2D eigenvalue weighted by Gasteiger charge is -1.94. The Morgan fingerprint density at radius 2 is 2.46 bits per heavy atom. The summed E-state index contributed by atoms with van der Waals surface area (Å²) in [4.78, 5) is 17.9. The molecule has 2 N–H and O–H groups in total. The molecule has 0 aliphatic heterocycles. The molecule has 0 aromatic carbocycles. The van der Waals surface area contributed by atoms with Crippen molar-refractivity contribution in [1.82, 2.24) is 9.36 Å². The van der Waals surface area contributed by atoms with Crippen molar-refractivity contribution in [3.63, 3.8) is 0 Å². The molecule has 70 valence electrons. The number of aliphatic imine (C=N–C) groups is 1. The highest BCUT2D eigenvalue weighted by atomic mass is 35.5. The second-order valence-electron chi connectivity index (χ2n) is 1.83. The summed E-state index contributed by atoms with van der Waals surface area (Å²) in [5.41, 5.74) is 5.29. The van der Waals surface area contributed by atoms with E-state index in [9.17, 15) is 4.79 Å². The van der Waals surface area contributed by atoms with Crippen molar-refractivity contribution in [2.45, 2.75) is 0 Å². The lowest BCUT2D eigenvalue weighted by Crippen LogP contribution is -2.09. The van der Waals surface area contributed by atoms with E-state index in [1.807, 2.05) is 0 Å². The van der Waals surface area contributed by atoms with Crippen LogP contribution in [-0.2, 0) is 9.53 Å². The number of nitrogens with zero attached hydrogens (tertiary/aromatic N) is 3. The maximum atomic E-state index is 10.6. The molecule has 0 aliphatic rings. The van der Waals surface area contributed by atoms with Crippen LogP contribution in [-0.4, -0.2) is 27.6 Å². The van der Waals surface area contributed by atoms with Crippen LogP contribution in [0.5, 0.6) is 0 Å². The molecule has 1 aromatic heterocycles. The lowest BCUT2D eigenvalue weighted by molar-refractivity contribution is -0.107. The Balaban J connectivity index is 2.91. The summed E-state index contributed by atoms with van der Waals surface area (Å²) in [6.07, 6.45) is 0. The first-order valence-electron chi connectivity index (χ1n) is 3.05. The highest BCUT2D eigenvalue weighted by Gasteiger charge is 2.09. The van der Waals surface area contributed by atoms with Gasteiger partial charge in [-0.05, 0) is 11.6 Å². The molecule has 8 heteroatoms. The van der Waals surface area contributed by atoms with E-state index < -0.39 is 5.24 Å². The Morgan fingerprint density at radius 1 is 1.77 bits per heavy atom. The van der Waals surface area contributed by atoms with Crippen LogP contribution >= 0.6 is 23.1 Å². The number of aromatic nitrogens is 2. The van der Waals surface area contributed by atoms with Crippen molar-refractivity contribution >= 4 is 45.4 Å². The fourth-order valence-electron chi connectivity index (χ4n) is 0.533. The summed E-state index contributed by atoms with van der Waals surface area (Å²) in [6.45, 7) is 0. The normalized spacial score (nSPS) is 11.4. The molecule has 1 rings (SSSR count). The van der Waals surface area contributed by atoms with Crippen molar-refractivity contribution in [3.05, 3.63) is 0 Å². The van der Waals surface area contributed by atoms with Gasteiger partial charge in [0.05, 0.1) is 7.11 Å². The van der Waals surface area contributed by atoms with E-state index in [2.05, 4.69) is 19.1 Å². The average molecular weight is 221 g/mol. The second kappa shape index (κ2) is 4.15. The van der Waals surface area contributed by atoms with Gasteiger partial charge in [-0.1, -0.05) is 0 Å². The summed E-state index contributed by atoms with van der Waals surface area (Å²) in [6, 6.07) is 0. The zero-order valence-electron chi connectivity index (χ0n) is 6.52. The molecule has 0 saturated heterocycles. The van der Waals surface area contributed by atoms with Crippen molar-refractivity contribution < 1.29 is 9.53 Å². The minimum atomic E-state index is -0.809. The summed E-state index contributed by atoms with van der Waals surface area (Å²) in [5.74, 6) is -0.201. The number of carbonyl (C=O) groups is 1. The van der Waals surface area contributed by atoms with Crippen LogP contribution in [0.15, 0.2) is 4.99 Å². The Hall–Kier alpha value is -1.21. The number of halogens is 1. The molecule has 0 radical (unpaired) electrons.